The van der Waals surface area contributed by atoms with Gasteiger partial charge in [0.15, 0.2) is 0 Å². The lowest BCUT2D eigenvalue weighted by atomic mass is 9.85. The molecule has 0 aliphatic rings. The number of furan rings is 1. The van der Waals surface area contributed by atoms with Crippen molar-refractivity contribution in [3.8, 4) is 50.2 Å². The maximum Gasteiger partial charge on any atom is 0.145 e. The highest BCUT2D eigenvalue weighted by atomic mass is 16.3. The minimum absolute atomic E-state index is 0.906. The van der Waals surface area contributed by atoms with Gasteiger partial charge in [-0.3, -0.25) is 0 Å². The summed E-state index contributed by atoms with van der Waals surface area (Å²) in [6, 6.07) is 76.9. The molecule has 2 nitrogen and oxygen atoms in total. The van der Waals surface area contributed by atoms with Gasteiger partial charge in [-0.05, 0) is 109 Å². The number of nitrogens with zero attached hydrogens (tertiary/aromatic N) is 1. The van der Waals surface area contributed by atoms with Crippen molar-refractivity contribution in [1.29, 1.82) is 0 Å². The Morgan fingerprint density at radius 3 is 1.34 bits per heavy atom. The lowest BCUT2D eigenvalue weighted by Crippen LogP contribution is -1.93. The monoisotopic (exact) mass is 737 g/mol. The smallest absolute Gasteiger partial charge is 0.145 e. The summed E-state index contributed by atoms with van der Waals surface area (Å²) in [7, 11) is 0. The fraction of sp³-hybridized carbons (Fsp3) is 0. The van der Waals surface area contributed by atoms with Crippen LogP contribution in [-0.2, 0) is 0 Å². The van der Waals surface area contributed by atoms with Gasteiger partial charge in [0, 0.05) is 21.8 Å². The molecule has 12 rings (SSSR count). The Balaban J connectivity index is 1.05. The number of para-hydroxylation sites is 2. The summed E-state index contributed by atoms with van der Waals surface area (Å²) in [6.45, 7) is 0. The molecule has 0 radical (unpaired) electrons. The summed E-state index contributed by atoms with van der Waals surface area (Å²) in [4.78, 5) is 0. The number of hydrogen-bond donors (Lipinski definition) is 0. The van der Waals surface area contributed by atoms with Crippen molar-refractivity contribution >= 4 is 65.3 Å². The van der Waals surface area contributed by atoms with Gasteiger partial charge in [0.05, 0.1) is 16.4 Å². The third-order valence-corrected chi connectivity index (χ3v) is 12.0. The molecule has 0 aliphatic heterocycles. The van der Waals surface area contributed by atoms with Crippen molar-refractivity contribution in [2.75, 3.05) is 0 Å². The van der Waals surface area contributed by atoms with E-state index in [1.54, 1.807) is 0 Å². The summed E-state index contributed by atoms with van der Waals surface area (Å²) in [6.07, 6.45) is 0. The first-order chi connectivity index (χ1) is 28.8. The van der Waals surface area contributed by atoms with E-state index in [9.17, 15) is 0 Å². The molecule has 0 unspecified atom stereocenters. The van der Waals surface area contributed by atoms with Crippen LogP contribution in [0.2, 0.25) is 0 Å². The summed E-state index contributed by atoms with van der Waals surface area (Å²) >= 11 is 0. The van der Waals surface area contributed by atoms with Crippen LogP contribution in [0.1, 0.15) is 0 Å². The Kier molecular flexibility index (Phi) is 7.26. The zero-order valence-electron chi connectivity index (χ0n) is 31.6. The number of rotatable bonds is 5. The minimum Gasteiger partial charge on any atom is -0.455 e. The second-order valence-electron chi connectivity index (χ2n) is 15.2. The highest BCUT2D eigenvalue weighted by Crippen LogP contribution is 2.46. The van der Waals surface area contributed by atoms with Crippen molar-refractivity contribution in [2.24, 2.45) is 0 Å². The van der Waals surface area contributed by atoms with Gasteiger partial charge < -0.3 is 8.98 Å². The molecule has 270 valence electrons. The van der Waals surface area contributed by atoms with Gasteiger partial charge in [-0.15, -0.1) is 0 Å². The zero-order chi connectivity index (χ0) is 38.2. The average molecular weight is 738 g/mol. The van der Waals surface area contributed by atoms with Gasteiger partial charge in [0.25, 0.3) is 0 Å². The van der Waals surface area contributed by atoms with E-state index in [0.717, 1.165) is 44.0 Å². The van der Waals surface area contributed by atoms with E-state index in [2.05, 4.69) is 211 Å². The first-order valence-electron chi connectivity index (χ1n) is 19.9. The Labute approximate surface area is 335 Å². The molecule has 0 saturated heterocycles. The van der Waals surface area contributed by atoms with Gasteiger partial charge in [-0.25, -0.2) is 0 Å². The molecule has 2 heteroatoms. The van der Waals surface area contributed by atoms with E-state index in [4.69, 9.17) is 4.42 Å². The summed E-state index contributed by atoms with van der Waals surface area (Å²) in [5.74, 6) is 0. The molecule has 0 atom stereocenters. The number of benzene rings is 10. The van der Waals surface area contributed by atoms with Crippen LogP contribution in [0, 0.1) is 0 Å². The third kappa shape index (κ3) is 4.99. The van der Waals surface area contributed by atoms with E-state index in [1.165, 1.54) is 71.4 Å². The fourth-order valence-corrected chi connectivity index (χ4v) is 9.36. The molecule has 0 N–H and O–H groups in total. The Morgan fingerprint density at radius 1 is 0.293 bits per heavy atom. The highest BCUT2D eigenvalue weighted by Gasteiger charge is 2.21. The lowest BCUT2D eigenvalue weighted by molar-refractivity contribution is 0.673. The Morgan fingerprint density at radius 2 is 0.741 bits per heavy atom. The third-order valence-electron chi connectivity index (χ3n) is 12.0. The van der Waals surface area contributed by atoms with Crippen molar-refractivity contribution in [3.63, 3.8) is 0 Å². The van der Waals surface area contributed by atoms with E-state index < -0.39 is 0 Å². The number of fused-ring (bicyclic) bond motifs is 9. The normalized spacial score (nSPS) is 11.8. The molecule has 0 bridgehead atoms. The molecule has 0 fully saturated rings. The molecule has 2 heterocycles. The highest BCUT2D eigenvalue weighted by molar-refractivity contribution is 6.26. The van der Waals surface area contributed by atoms with Crippen LogP contribution in [0.4, 0.5) is 0 Å². The Hall–Kier alpha value is -7.68. The number of hydrogen-bond acceptors (Lipinski definition) is 1. The molecule has 58 heavy (non-hydrogen) atoms. The molecular weight excluding hydrogens is 703 g/mol. The molecule has 12 aromatic rings. The fourth-order valence-electron chi connectivity index (χ4n) is 9.36. The SMILES string of the molecule is c1ccc(-c2ccc(-c3ccc(-c4c5ccccc5c(-c5ccc6c(c5)c5c7oc8ccccc8c7ccc5n6-c5ccccc5)c5ccccc45)cc3)cc2)cc1. The van der Waals surface area contributed by atoms with Crippen LogP contribution in [0.15, 0.2) is 217 Å². The molecule has 0 aliphatic carbocycles. The van der Waals surface area contributed by atoms with E-state index in [1.807, 2.05) is 6.07 Å². The van der Waals surface area contributed by atoms with Gasteiger partial charge >= 0.3 is 0 Å². The topological polar surface area (TPSA) is 18.1 Å². The molecule has 0 spiro atoms. The van der Waals surface area contributed by atoms with Crippen LogP contribution < -0.4 is 0 Å². The maximum absolute atomic E-state index is 6.72. The second kappa shape index (κ2) is 12.9. The molecule has 0 amide bonds. The van der Waals surface area contributed by atoms with Crippen LogP contribution in [0.3, 0.4) is 0 Å². The average Bonchev–Trinajstić information content (AvgIpc) is 3.84. The summed E-state index contributed by atoms with van der Waals surface area (Å²) < 4.78 is 9.10. The van der Waals surface area contributed by atoms with Crippen molar-refractivity contribution in [1.82, 2.24) is 4.57 Å². The standard InChI is InChI=1S/C56H35NO/c1-3-13-36(14-4-1)37-23-25-38(26-24-37)39-27-29-40(30-28-39)53-44-18-7-9-20-46(44)54(47-21-10-8-19-45(47)53)41-31-33-50-49(35-41)55-51(57(50)42-15-5-2-6-16-42)34-32-48-43-17-11-12-22-52(43)58-56(48)55/h1-35H. The molecular formula is C56H35NO. The van der Waals surface area contributed by atoms with Crippen LogP contribution in [0.25, 0.3) is 115 Å². The molecule has 10 aromatic carbocycles. The van der Waals surface area contributed by atoms with Crippen molar-refractivity contribution in [2.45, 2.75) is 0 Å². The predicted molar refractivity (Wildman–Crippen MR) is 245 cm³/mol. The first-order valence-corrected chi connectivity index (χ1v) is 19.9. The minimum atomic E-state index is 0.906. The van der Waals surface area contributed by atoms with Gasteiger partial charge in [0.2, 0.25) is 0 Å². The van der Waals surface area contributed by atoms with Crippen LogP contribution in [-0.4, -0.2) is 4.57 Å². The quantitative estimate of drug-likeness (QED) is 0.161. The van der Waals surface area contributed by atoms with Crippen molar-refractivity contribution < 1.29 is 4.42 Å². The molecule has 0 saturated carbocycles. The summed E-state index contributed by atoms with van der Waals surface area (Å²) in [5, 5.41) is 9.52. The van der Waals surface area contributed by atoms with Gasteiger partial charge in [-0.2, -0.15) is 0 Å². The summed E-state index contributed by atoms with van der Waals surface area (Å²) in [5.41, 5.74) is 15.0. The Bertz CT molecular complexity index is 3460. The van der Waals surface area contributed by atoms with Crippen LogP contribution in [0.5, 0.6) is 0 Å². The van der Waals surface area contributed by atoms with Crippen molar-refractivity contribution in [3.05, 3.63) is 212 Å². The van der Waals surface area contributed by atoms with E-state index in [0.29, 0.717) is 0 Å². The van der Waals surface area contributed by atoms with E-state index >= 15 is 0 Å². The predicted octanol–water partition coefficient (Wildman–Crippen LogP) is 15.7. The van der Waals surface area contributed by atoms with E-state index in [-0.39, 0.29) is 0 Å². The van der Waals surface area contributed by atoms with Gasteiger partial charge in [-0.1, -0.05) is 170 Å². The lowest BCUT2D eigenvalue weighted by Gasteiger charge is -2.18. The maximum atomic E-state index is 6.72. The first kappa shape index (κ1) is 32.6. The van der Waals surface area contributed by atoms with Crippen LogP contribution >= 0.6 is 0 Å². The number of aromatic nitrogens is 1. The molecule has 2 aromatic heterocycles. The largest absolute Gasteiger partial charge is 0.455 e. The second-order valence-corrected chi connectivity index (χ2v) is 15.2. The zero-order valence-corrected chi connectivity index (χ0v) is 31.6. The van der Waals surface area contributed by atoms with Gasteiger partial charge in [0.1, 0.15) is 11.2 Å².